The van der Waals surface area contributed by atoms with E-state index in [0.717, 1.165) is 36.3 Å². The van der Waals surface area contributed by atoms with Gasteiger partial charge in [0, 0.05) is 23.4 Å². The van der Waals surface area contributed by atoms with E-state index in [2.05, 4.69) is 15.0 Å². The molecule has 3 aromatic rings. The quantitative estimate of drug-likeness (QED) is 0.366. The maximum atomic E-state index is 13.3. The molecule has 0 radical (unpaired) electrons. The lowest BCUT2D eigenvalue weighted by Gasteiger charge is -2.46. The van der Waals surface area contributed by atoms with Crippen molar-refractivity contribution in [2.75, 3.05) is 36.6 Å². The largest absolute Gasteiger partial charge is 0.573 e. The van der Waals surface area contributed by atoms with Crippen LogP contribution < -0.4 is 19.7 Å². The minimum Gasteiger partial charge on any atom is -0.488 e. The van der Waals surface area contributed by atoms with Gasteiger partial charge in [-0.3, -0.25) is 4.79 Å². The molecule has 1 saturated heterocycles. The molecule has 2 aromatic carbocycles. The maximum Gasteiger partial charge on any atom is 0.573 e. The van der Waals surface area contributed by atoms with Gasteiger partial charge in [0.15, 0.2) is 17.2 Å². The molecule has 0 saturated carbocycles. The van der Waals surface area contributed by atoms with Crippen molar-refractivity contribution in [1.29, 1.82) is 0 Å². The first-order valence-corrected chi connectivity index (χ1v) is 13.5. The van der Waals surface area contributed by atoms with Crippen LogP contribution in [0.3, 0.4) is 0 Å². The summed E-state index contributed by atoms with van der Waals surface area (Å²) in [6.07, 6.45) is -0.757. The van der Waals surface area contributed by atoms with E-state index in [1.807, 2.05) is 11.8 Å². The molecule has 40 heavy (non-hydrogen) atoms. The molecule has 2 aliphatic heterocycles. The molecule has 214 valence electrons. The number of halogens is 3. The number of carbonyl (C=O) groups excluding carboxylic acids is 1. The maximum absolute atomic E-state index is 13.3. The number of hydrogen-bond acceptors (Lipinski definition) is 9. The van der Waals surface area contributed by atoms with Crippen molar-refractivity contribution in [1.82, 2.24) is 4.98 Å². The fourth-order valence-electron chi connectivity index (χ4n) is 4.61. The van der Waals surface area contributed by atoms with Crippen molar-refractivity contribution >= 4 is 33.8 Å². The van der Waals surface area contributed by atoms with E-state index >= 15 is 0 Å². The average Bonchev–Trinajstić information content (AvgIpc) is 3.37. The van der Waals surface area contributed by atoms with Crippen molar-refractivity contribution in [2.24, 2.45) is 0 Å². The van der Waals surface area contributed by atoms with Gasteiger partial charge in [-0.25, -0.2) is 4.98 Å². The predicted molar refractivity (Wildman–Crippen MR) is 141 cm³/mol. The van der Waals surface area contributed by atoms with Gasteiger partial charge in [-0.1, -0.05) is 6.07 Å². The van der Waals surface area contributed by atoms with Crippen LogP contribution in [0.1, 0.15) is 34.5 Å². The Bertz CT molecular complexity index is 1330. The summed E-state index contributed by atoms with van der Waals surface area (Å²) in [5.74, 6) is -0.649. The fraction of sp³-hybridized carbons (Fsp3) is 0.407. The van der Waals surface area contributed by atoms with Crippen LogP contribution in [0.5, 0.6) is 11.5 Å². The zero-order valence-electron chi connectivity index (χ0n) is 21.6. The monoisotopic (exact) mass is 579 g/mol. The van der Waals surface area contributed by atoms with E-state index in [1.54, 1.807) is 24.4 Å². The Kier molecular flexibility index (Phi) is 8.17. The lowest BCUT2D eigenvalue weighted by molar-refractivity contribution is -0.274. The second-order valence-electron chi connectivity index (χ2n) is 9.55. The van der Waals surface area contributed by atoms with Crippen LogP contribution in [0.25, 0.3) is 0 Å². The molecule has 2 atom stereocenters. The summed E-state index contributed by atoms with van der Waals surface area (Å²) in [5, 5.41) is 14.0. The van der Waals surface area contributed by atoms with Gasteiger partial charge in [-0.05, 0) is 62.6 Å². The van der Waals surface area contributed by atoms with Crippen molar-refractivity contribution < 1.29 is 42.0 Å². The normalized spacial score (nSPS) is 20.9. The number of aliphatic hydroxyl groups excluding tert-OH is 1. The molecule has 13 heteroatoms. The molecule has 2 aliphatic rings. The van der Waals surface area contributed by atoms with Crippen LogP contribution >= 0.6 is 11.3 Å². The number of ether oxygens (including phenoxy) is 4. The Morgan fingerprint density at radius 2 is 2.05 bits per heavy atom. The van der Waals surface area contributed by atoms with Crippen molar-refractivity contribution in [2.45, 2.75) is 44.4 Å². The molecular formula is C27H28F3N3O6S. The zero-order chi connectivity index (χ0) is 28.3. The first-order chi connectivity index (χ1) is 19.2. The van der Waals surface area contributed by atoms with E-state index < -0.39 is 23.6 Å². The van der Waals surface area contributed by atoms with Gasteiger partial charge in [0.1, 0.15) is 17.9 Å². The molecule has 1 aromatic heterocycles. The smallest absolute Gasteiger partial charge is 0.488 e. The molecular weight excluding hydrogens is 551 g/mol. The molecule has 0 spiro atoms. The first kappa shape index (κ1) is 28.1. The lowest BCUT2D eigenvalue weighted by atomic mass is 9.96. The van der Waals surface area contributed by atoms with Crippen molar-refractivity contribution in [3.8, 4) is 11.5 Å². The molecule has 3 heterocycles. The van der Waals surface area contributed by atoms with E-state index in [1.165, 1.54) is 23.5 Å². The van der Waals surface area contributed by atoms with Crippen molar-refractivity contribution in [3.63, 3.8) is 0 Å². The number of alkyl halides is 3. The summed E-state index contributed by atoms with van der Waals surface area (Å²) >= 11 is 1.43. The number of benzene rings is 2. The number of fused-ring (bicyclic) bond motifs is 1. The van der Waals surface area contributed by atoms with Gasteiger partial charge in [-0.15, -0.1) is 24.5 Å². The van der Waals surface area contributed by atoms with Crippen LogP contribution in [-0.4, -0.2) is 60.6 Å². The number of amides is 1. The van der Waals surface area contributed by atoms with Gasteiger partial charge in [0.05, 0.1) is 24.5 Å². The van der Waals surface area contributed by atoms with E-state index in [4.69, 9.17) is 14.2 Å². The van der Waals surface area contributed by atoms with Gasteiger partial charge >= 0.3 is 6.36 Å². The highest BCUT2D eigenvalue weighted by atomic mass is 32.1. The summed E-state index contributed by atoms with van der Waals surface area (Å²) in [4.78, 5) is 20.6. The number of thiazole rings is 1. The Hall–Kier alpha value is -3.39. The van der Waals surface area contributed by atoms with Crippen LogP contribution in [0, 0.1) is 6.92 Å². The number of para-hydroxylation sites is 1. The van der Waals surface area contributed by atoms with Crippen LogP contribution in [0.4, 0.5) is 29.7 Å². The molecule has 1 amide bonds. The zero-order valence-corrected chi connectivity index (χ0v) is 22.4. The van der Waals surface area contributed by atoms with Gasteiger partial charge in [0.25, 0.3) is 5.91 Å². The summed E-state index contributed by atoms with van der Waals surface area (Å²) in [5.41, 5.74) is -0.0496. The highest BCUT2D eigenvalue weighted by Crippen LogP contribution is 2.46. The minimum atomic E-state index is -4.81. The number of aliphatic hydroxyl groups is 1. The lowest BCUT2D eigenvalue weighted by Crippen LogP contribution is -2.60. The summed E-state index contributed by atoms with van der Waals surface area (Å²) in [7, 11) is 0. The third-order valence-electron chi connectivity index (χ3n) is 6.56. The Labute approximate surface area is 232 Å². The number of aromatic nitrogens is 1. The predicted octanol–water partition coefficient (Wildman–Crippen LogP) is 5.41. The number of nitrogens with zero attached hydrogens (tertiary/aromatic N) is 2. The molecule has 2 unspecified atom stereocenters. The molecule has 1 fully saturated rings. The Morgan fingerprint density at radius 3 is 2.70 bits per heavy atom. The molecule has 9 nitrogen and oxygen atoms in total. The number of hydrogen-bond donors (Lipinski definition) is 2. The Morgan fingerprint density at radius 1 is 1.25 bits per heavy atom. The molecule has 0 aliphatic carbocycles. The number of anilines is 3. The van der Waals surface area contributed by atoms with Gasteiger partial charge < -0.3 is 34.3 Å². The second-order valence-corrected chi connectivity index (χ2v) is 10.8. The van der Waals surface area contributed by atoms with Crippen LogP contribution in [-0.2, 0) is 9.47 Å². The van der Waals surface area contributed by atoms with Crippen LogP contribution in [0.15, 0.2) is 48.7 Å². The number of aryl methyl sites for hydroxylation is 1. The molecule has 5 rings (SSSR count). The summed E-state index contributed by atoms with van der Waals surface area (Å²) < 4.78 is 59.3. The number of nitrogens with one attached hydrogen (secondary N) is 1. The van der Waals surface area contributed by atoms with Crippen molar-refractivity contribution in [3.05, 3.63) is 59.1 Å². The van der Waals surface area contributed by atoms with Gasteiger partial charge in [0.2, 0.25) is 0 Å². The SMILES string of the molecule is Cc1cnc(N2c3cccc(C(=O)Nc4ccc(OC(F)(F)F)cc4)c3OCC2(CO)COC2CCCCO2)s1. The highest BCUT2D eigenvalue weighted by molar-refractivity contribution is 7.15. The minimum absolute atomic E-state index is 0.00435. The van der Waals surface area contributed by atoms with E-state index in [0.29, 0.717) is 17.4 Å². The topological polar surface area (TPSA) is 102 Å². The first-order valence-electron chi connectivity index (χ1n) is 12.7. The standard InChI is InChI=1S/C27H28F3N3O6S/c1-17-13-31-25(40-17)33-21-6-4-5-20(24(35)32-18-8-10-19(11-9-18)39-27(28,29)30)23(21)38-16-26(33,14-34)15-37-22-7-2-3-12-36-22/h4-6,8-11,13,22,34H,2-3,7,12,14-16H2,1H3,(H,32,35). The van der Waals surface area contributed by atoms with Crippen LogP contribution in [0.2, 0.25) is 0 Å². The van der Waals surface area contributed by atoms with E-state index in [9.17, 15) is 23.1 Å². The van der Waals surface area contributed by atoms with E-state index in [-0.39, 0.29) is 43.1 Å². The third-order valence-corrected chi connectivity index (χ3v) is 7.45. The number of carbonyl (C=O) groups is 1. The Balaban J connectivity index is 1.43. The molecule has 0 bridgehead atoms. The van der Waals surface area contributed by atoms with Gasteiger partial charge in [-0.2, -0.15) is 0 Å². The third kappa shape index (κ3) is 6.17. The number of rotatable bonds is 8. The fourth-order valence-corrected chi connectivity index (χ4v) is 5.49. The summed E-state index contributed by atoms with van der Waals surface area (Å²) in [6, 6.07) is 9.87. The molecule has 2 N–H and O–H groups in total. The second kappa shape index (κ2) is 11.6. The average molecular weight is 580 g/mol. The summed E-state index contributed by atoms with van der Waals surface area (Å²) in [6.45, 7) is 2.30. The highest BCUT2D eigenvalue weighted by Gasteiger charge is 2.46.